The minimum Gasteiger partial charge on any atom is -0.493 e. The molecule has 3 aromatic rings. The molecule has 4 nitrogen and oxygen atoms in total. The number of aliphatic hydroxyl groups excluding tert-OH is 1. The summed E-state index contributed by atoms with van der Waals surface area (Å²) in [6.45, 7) is 3.08. The van der Waals surface area contributed by atoms with Gasteiger partial charge in [-0.15, -0.1) is 0 Å². The zero-order valence-electron chi connectivity index (χ0n) is 19.9. The van der Waals surface area contributed by atoms with Crippen LogP contribution in [0, 0.1) is 11.7 Å². The molecule has 1 spiro atoms. The number of likely N-dealkylation sites (tertiary alicyclic amines) is 1. The maximum absolute atomic E-state index is 13.8. The van der Waals surface area contributed by atoms with Crippen LogP contribution in [-0.4, -0.2) is 42.5 Å². The summed E-state index contributed by atoms with van der Waals surface area (Å²) in [4.78, 5) is 2.28. The van der Waals surface area contributed by atoms with Crippen LogP contribution < -0.4 is 10.1 Å². The maximum Gasteiger partial charge on any atom is 0.123 e. The molecule has 3 heterocycles. The monoisotopic (exact) mass is 472 g/mol. The van der Waals surface area contributed by atoms with Crippen LogP contribution in [0.3, 0.4) is 0 Å². The van der Waals surface area contributed by atoms with Crippen molar-refractivity contribution in [1.29, 1.82) is 0 Å². The van der Waals surface area contributed by atoms with Gasteiger partial charge in [-0.2, -0.15) is 0 Å². The van der Waals surface area contributed by atoms with E-state index in [9.17, 15) is 9.50 Å². The predicted molar refractivity (Wildman–Crippen MR) is 135 cm³/mol. The number of rotatable bonds is 4. The van der Waals surface area contributed by atoms with Crippen molar-refractivity contribution in [3.05, 3.63) is 101 Å². The van der Waals surface area contributed by atoms with Gasteiger partial charge in [-0.3, -0.25) is 4.90 Å². The summed E-state index contributed by atoms with van der Waals surface area (Å²) in [7, 11) is 0. The highest BCUT2D eigenvalue weighted by Crippen LogP contribution is 2.49. The molecule has 0 aliphatic carbocycles. The summed E-state index contributed by atoms with van der Waals surface area (Å²) in [5, 5.41) is 15.6. The number of hydrogen-bond acceptors (Lipinski definition) is 4. The normalized spacial score (nSPS) is 29.5. The molecule has 0 saturated carbocycles. The van der Waals surface area contributed by atoms with Gasteiger partial charge in [0.2, 0.25) is 0 Å². The van der Waals surface area contributed by atoms with Crippen molar-refractivity contribution < 1.29 is 14.2 Å². The lowest BCUT2D eigenvalue weighted by molar-refractivity contribution is -0.0933. The maximum atomic E-state index is 13.8. The van der Waals surface area contributed by atoms with E-state index < -0.39 is 6.23 Å². The Labute approximate surface area is 206 Å². The fourth-order valence-electron chi connectivity index (χ4n) is 6.79. The molecule has 3 aliphatic heterocycles. The van der Waals surface area contributed by atoms with Crippen molar-refractivity contribution in [2.45, 2.75) is 42.9 Å². The van der Waals surface area contributed by atoms with Gasteiger partial charge in [0.05, 0.1) is 6.61 Å². The number of halogens is 1. The minimum atomic E-state index is -0.608. The predicted octanol–water partition coefficient (Wildman–Crippen LogP) is 5.00. The number of piperidine rings is 1. The van der Waals surface area contributed by atoms with Gasteiger partial charge in [0, 0.05) is 42.6 Å². The first-order valence-corrected chi connectivity index (χ1v) is 12.8. The number of benzene rings is 3. The van der Waals surface area contributed by atoms with E-state index in [0.717, 1.165) is 50.2 Å². The average Bonchev–Trinajstić information content (AvgIpc) is 3.33. The highest BCUT2D eigenvalue weighted by molar-refractivity contribution is 5.43. The molecule has 5 atom stereocenters. The molecular weight excluding hydrogens is 439 g/mol. The van der Waals surface area contributed by atoms with Gasteiger partial charge >= 0.3 is 0 Å². The molecule has 0 radical (unpaired) electrons. The molecule has 0 amide bonds. The van der Waals surface area contributed by atoms with Crippen LogP contribution in [0.25, 0.3) is 0 Å². The molecule has 5 unspecified atom stereocenters. The number of aliphatic hydroxyl groups is 1. The van der Waals surface area contributed by atoms with Gasteiger partial charge in [-0.05, 0) is 54.5 Å². The Morgan fingerprint density at radius 2 is 1.74 bits per heavy atom. The highest BCUT2D eigenvalue weighted by Gasteiger charge is 2.52. The van der Waals surface area contributed by atoms with E-state index in [1.807, 2.05) is 24.3 Å². The van der Waals surface area contributed by atoms with Gasteiger partial charge in [-0.1, -0.05) is 60.7 Å². The first-order valence-electron chi connectivity index (χ1n) is 12.8. The third-order valence-electron chi connectivity index (χ3n) is 8.61. The largest absolute Gasteiger partial charge is 0.493 e. The third-order valence-corrected chi connectivity index (χ3v) is 8.61. The number of hydrogen-bond donors (Lipinski definition) is 2. The van der Waals surface area contributed by atoms with Crippen LogP contribution in [0.4, 0.5) is 4.39 Å². The summed E-state index contributed by atoms with van der Waals surface area (Å²) in [6.07, 6.45) is 2.17. The fourth-order valence-corrected chi connectivity index (χ4v) is 6.79. The standard InChI is InChI=1S/C30H33FN2O2/c31-24-12-10-22(11-13-24)27-18-23(21-6-2-1-3-7-21)14-16-33(27)29(34)26-19-32-20-30(26)15-17-35-28-9-5-4-8-25(28)30/h1-13,23,26-27,29,32,34H,14-20H2. The van der Waals surface area contributed by atoms with E-state index in [1.165, 1.54) is 11.1 Å². The zero-order valence-corrected chi connectivity index (χ0v) is 19.9. The first-order chi connectivity index (χ1) is 17.2. The van der Waals surface area contributed by atoms with Crippen LogP contribution in [0.15, 0.2) is 78.9 Å². The minimum absolute atomic E-state index is 0.0253. The van der Waals surface area contributed by atoms with Crippen molar-refractivity contribution in [2.75, 3.05) is 26.2 Å². The van der Waals surface area contributed by atoms with Crippen LogP contribution in [-0.2, 0) is 5.41 Å². The molecule has 182 valence electrons. The quantitative estimate of drug-likeness (QED) is 0.561. The van der Waals surface area contributed by atoms with E-state index in [4.69, 9.17) is 4.74 Å². The van der Waals surface area contributed by atoms with E-state index in [-0.39, 0.29) is 23.2 Å². The molecule has 5 heteroatoms. The summed E-state index contributed by atoms with van der Waals surface area (Å²) in [5.41, 5.74) is 3.46. The number of para-hydroxylation sites is 1. The third kappa shape index (κ3) is 4.06. The van der Waals surface area contributed by atoms with Gasteiger partial charge < -0.3 is 15.2 Å². The SMILES string of the molecule is OC(C1CNCC12CCOc1ccccc12)N1CCC(c2ccccc2)CC1c1ccc(F)cc1. The highest BCUT2D eigenvalue weighted by atomic mass is 19.1. The zero-order chi connectivity index (χ0) is 23.8. The number of fused-ring (bicyclic) bond motifs is 2. The molecule has 2 fully saturated rings. The second-order valence-corrected chi connectivity index (χ2v) is 10.3. The van der Waals surface area contributed by atoms with E-state index >= 15 is 0 Å². The number of nitrogens with one attached hydrogen (secondary N) is 1. The number of nitrogens with zero attached hydrogens (tertiary/aromatic N) is 1. The van der Waals surface area contributed by atoms with Crippen molar-refractivity contribution in [3.8, 4) is 5.75 Å². The van der Waals surface area contributed by atoms with E-state index in [0.29, 0.717) is 12.5 Å². The van der Waals surface area contributed by atoms with Gasteiger partial charge in [0.1, 0.15) is 17.8 Å². The van der Waals surface area contributed by atoms with Crippen molar-refractivity contribution in [3.63, 3.8) is 0 Å². The molecule has 2 saturated heterocycles. The summed E-state index contributed by atoms with van der Waals surface area (Å²) in [5.74, 6) is 1.17. The molecule has 3 aliphatic rings. The number of ether oxygens (including phenoxy) is 1. The Morgan fingerprint density at radius 1 is 0.971 bits per heavy atom. The van der Waals surface area contributed by atoms with Crippen LogP contribution in [0.2, 0.25) is 0 Å². The molecule has 3 aromatic carbocycles. The van der Waals surface area contributed by atoms with E-state index in [1.54, 1.807) is 12.1 Å². The van der Waals surface area contributed by atoms with Gasteiger partial charge in [0.15, 0.2) is 0 Å². The van der Waals surface area contributed by atoms with Crippen LogP contribution in [0.1, 0.15) is 47.9 Å². The van der Waals surface area contributed by atoms with Crippen molar-refractivity contribution in [1.82, 2.24) is 10.2 Å². The average molecular weight is 473 g/mol. The molecule has 35 heavy (non-hydrogen) atoms. The fraction of sp³-hybridized carbons (Fsp3) is 0.400. The lowest BCUT2D eigenvalue weighted by atomic mass is 9.67. The van der Waals surface area contributed by atoms with Gasteiger partial charge in [-0.25, -0.2) is 4.39 Å². The molecular formula is C30H33FN2O2. The second-order valence-electron chi connectivity index (χ2n) is 10.3. The first kappa shape index (κ1) is 22.7. The van der Waals surface area contributed by atoms with Crippen LogP contribution >= 0.6 is 0 Å². The van der Waals surface area contributed by atoms with Crippen molar-refractivity contribution in [2.24, 2.45) is 5.92 Å². The molecule has 6 rings (SSSR count). The Morgan fingerprint density at radius 3 is 2.57 bits per heavy atom. The lowest BCUT2D eigenvalue weighted by Crippen LogP contribution is -2.53. The van der Waals surface area contributed by atoms with Crippen LogP contribution in [0.5, 0.6) is 5.75 Å². The summed E-state index contributed by atoms with van der Waals surface area (Å²) >= 11 is 0. The van der Waals surface area contributed by atoms with Gasteiger partial charge in [0.25, 0.3) is 0 Å². The summed E-state index contributed by atoms with van der Waals surface area (Å²) in [6, 6.07) is 25.8. The van der Waals surface area contributed by atoms with Crippen molar-refractivity contribution >= 4 is 0 Å². The Kier molecular flexibility index (Phi) is 6.09. The topological polar surface area (TPSA) is 44.7 Å². The Balaban J connectivity index is 1.34. The second kappa shape index (κ2) is 9.38. The smallest absolute Gasteiger partial charge is 0.123 e. The molecule has 2 N–H and O–H groups in total. The summed E-state index contributed by atoms with van der Waals surface area (Å²) < 4.78 is 19.8. The lowest BCUT2D eigenvalue weighted by Gasteiger charge is -2.48. The molecule has 0 aromatic heterocycles. The Hall–Kier alpha value is -2.73. The molecule has 0 bridgehead atoms. The Bertz CT molecular complexity index is 1150. The van der Waals surface area contributed by atoms with E-state index in [2.05, 4.69) is 52.7 Å².